The van der Waals surface area contributed by atoms with Crippen molar-refractivity contribution in [3.63, 3.8) is 0 Å². The Kier molecular flexibility index (Phi) is 4.43. The van der Waals surface area contributed by atoms with Crippen molar-refractivity contribution >= 4 is 17.8 Å². The first-order valence-electron chi connectivity index (χ1n) is 8.42. The summed E-state index contributed by atoms with van der Waals surface area (Å²) in [5.41, 5.74) is 0.505. The maximum atomic E-state index is 12.5. The molecular formula is C17H24N4O3. The second-order valence-corrected chi connectivity index (χ2v) is 7.41. The topological polar surface area (TPSA) is 75.6 Å². The molecule has 0 aliphatic carbocycles. The van der Waals surface area contributed by atoms with E-state index in [0.29, 0.717) is 25.5 Å². The molecule has 0 bridgehead atoms. The molecule has 0 spiro atoms. The van der Waals surface area contributed by atoms with Gasteiger partial charge in [0.05, 0.1) is 24.6 Å². The molecule has 7 heteroatoms. The van der Waals surface area contributed by atoms with Gasteiger partial charge >= 0.3 is 6.09 Å². The van der Waals surface area contributed by atoms with Gasteiger partial charge in [-0.1, -0.05) is 20.8 Å². The number of rotatable bonds is 2. The summed E-state index contributed by atoms with van der Waals surface area (Å²) in [7, 11) is 0. The average molecular weight is 332 g/mol. The number of aromatic nitrogens is 2. The van der Waals surface area contributed by atoms with Gasteiger partial charge < -0.3 is 9.64 Å². The van der Waals surface area contributed by atoms with Crippen molar-refractivity contribution in [3.05, 3.63) is 18.1 Å². The normalized spacial score (nSPS) is 21.8. The monoisotopic (exact) mass is 332 g/mol. The summed E-state index contributed by atoms with van der Waals surface area (Å²) in [4.78, 5) is 36.3. The molecule has 130 valence electrons. The van der Waals surface area contributed by atoms with Crippen LogP contribution < -0.4 is 4.90 Å². The molecule has 1 aromatic rings. The summed E-state index contributed by atoms with van der Waals surface area (Å²) in [5, 5.41) is 0. The predicted molar refractivity (Wildman–Crippen MR) is 88.7 cm³/mol. The molecule has 2 aliphatic rings. The van der Waals surface area contributed by atoms with Gasteiger partial charge in [0.15, 0.2) is 5.82 Å². The molecule has 2 saturated heterocycles. The molecule has 0 unspecified atom stereocenters. The van der Waals surface area contributed by atoms with Crippen molar-refractivity contribution in [2.45, 2.75) is 39.5 Å². The molecule has 7 nitrogen and oxygen atoms in total. The quantitative estimate of drug-likeness (QED) is 0.830. The number of amides is 2. The molecule has 0 aromatic carbocycles. The molecular weight excluding hydrogens is 308 g/mol. The van der Waals surface area contributed by atoms with E-state index in [4.69, 9.17) is 4.74 Å². The molecule has 3 heterocycles. The smallest absolute Gasteiger partial charge is 0.415 e. The third-order valence-corrected chi connectivity index (χ3v) is 4.46. The summed E-state index contributed by atoms with van der Waals surface area (Å²) in [6.07, 6.45) is 4.92. The summed E-state index contributed by atoms with van der Waals surface area (Å²) >= 11 is 0. The minimum absolute atomic E-state index is 0.177. The van der Waals surface area contributed by atoms with E-state index in [1.54, 1.807) is 12.4 Å². The van der Waals surface area contributed by atoms with Crippen LogP contribution in [0.25, 0.3) is 0 Å². The van der Waals surface area contributed by atoms with E-state index in [1.165, 1.54) is 4.90 Å². The number of likely N-dealkylation sites (tertiary alicyclic amines) is 1. The lowest BCUT2D eigenvalue weighted by molar-refractivity contribution is -0.140. The van der Waals surface area contributed by atoms with Crippen molar-refractivity contribution in [1.82, 2.24) is 14.9 Å². The molecule has 24 heavy (non-hydrogen) atoms. The summed E-state index contributed by atoms with van der Waals surface area (Å²) in [5.74, 6) is 0.883. The van der Waals surface area contributed by atoms with Crippen LogP contribution in [-0.4, -0.2) is 53.1 Å². The van der Waals surface area contributed by atoms with E-state index in [1.807, 2.05) is 25.7 Å². The Bertz CT molecular complexity index is 624. The van der Waals surface area contributed by atoms with Gasteiger partial charge in [-0.2, -0.15) is 0 Å². The fourth-order valence-corrected chi connectivity index (χ4v) is 3.16. The molecule has 1 aromatic heterocycles. The second-order valence-electron chi connectivity index (χ2n) is 7.41. The Labute approximate surface area is 142 Å². The zero-order valence-electron chi connectivity index (χ0n) is 14.5. The number of hydrogen-bond donors (Lipinski definition) is 0. The summed E-state index contributed by atoms with van der Waals surface area (Å²) in [6, 6.07) is 0. The van der Waals surface area contributed by atoms with E-state index < -0.39 is 0 Å². The van der Waals surface area contributed by atoms with Crippen LogP contribution in [0.5, 0.6) is 0 Å². The summed E-state index contributed by atoms with van der Waals surface area (Å²) < 4.78 is 4.91. The zero-order valence-corrected chi connectivity index (χ0v) is 14.5. The van der Waals surface area contributed by atoms with Crippen molar-refractivity contribution in [3.8, 4) is 0 Å². The Morgan fingerprint density at radius 3 is 2.62 bits per heavy atom. The largest absolute Gasteiger partial charge is 0.447 e. The van der Waals surface area contributed by atoms with Gasteiger partial charge in [0, 0.05) is 24.4 Å². The van der Waals surface area contributed by atoms with Crippen LogP contribution in [-0.2, 0) is 9.53 Å². The Morgan fingerprint density at radius 1 is 1.25 bits per heavy atom. The van der Waals surface area contributed by atoms with E-state index in [0.717, 1.165) is 25.1 Å². The molecule has 2 amide bonds. The third-order valence-electron chi connectivity index (χ3n) is 4.46. The first kappa shape index (κ1) is 16.7. The first-order chi connectivity index (χ1) is 11.4. The number of carbonyl (C=O) groups excluding carboxylic acids is 2. The molecule has 2 aliphatic heterocycles. The molecule has 0 radical (unpaired) electrons. The highest BCUT2D eigenvalue weighted by Gasteiger charge is 2.32. The van der Waals surface area contributed by atoms with Crippen LogP contribution in [0.3, 0.4) is 0 Å². The highest BCUT2D eigenvalue weighted by molar-refractivity contribution is 5.87. The molecule has 1 atom stereocenters. The number of piperidine rings is 1. The van der Waals surface area contributed by atoms with Gasteiger partial charge in [-0.15, -0.1) is 0 Å². The molecule has 0 saturated carbocycles. The number of cyclic esters (lactones) is 1. The number of anilines is 1. The van der Waals surface area contributed by atoms with Crippen molar-refractivity contribution < 1.29 is 14.3 Å². The fourth-order valence-electron chi connectivity index (χ4n) is 3.16. The minimum Gasteiger partial charge on any atom is -0.447 e. The maximum absolute atomic E-state index is 12.5. The van der Waals surface area contributed by atoms with Crippen LogP contribution in [0.2, 0.25) is 0 Å². The molecule has 0 N–H and O–H groups in total. The first-order valence-corrected chi connectivity index (χ1v) is 8.42. The maximum Gasteiger partial charge on any atom is 0.415 e. The van der Waals surface area contributed by atoms with Crippen molar-refractivity contribution in [2.75, 3.05) is 31.1 Å². The number of ether oxygens (including phenoxy) is 1. The van der Waals surface area contributed by atoms with Crippen LogP contribution >= 0.6 is 0 Å². The van der Waals surface area contributed by atoms with Crippen LogP contribution in [0.4, 0.5) is 10.6 Å². The van der Waals surface area contributed by atoms with E-state index >= 15 is 0 Å². The lowest BCUT2D eigenvalue weighted by Gasteiger charge is -2.36. The van der Waals surface area contributed by atoms with Gasteiger partial charge in [0.25, 0.3) is 0 Å². The van der Waals surface area contributed by atoms with Gasteiger partial charge in [0.1, 0.15) is 6.61 Å². The Morgan fingerprint density at radius 2 is 2.04 bits per heavy atom. The molecule has 3 rings (SSSR count). The predicted octanol–water partition coefficient (Wildman–Crippen LogP) is 2.19. The van der Waals surface area contributed by atoms with E-state index in [2.05, 4.69) is 9.97 Å². The summed E-state index contributed by atoms with van der Waals surface area (Å²) in [6.45, 7) is 8.21. The van der Waals surface area contributed by atoms with Crippen LogP contribution in [0.15, 0.2) is 12.4 Å². The highest BCUT2D eigenvalue weighted by Crippen LogP contribution is 2.29. The number of hydrogen-bond acceptors (Lipinski definition) is 5. The number of nitrogens with zero attached hydrogens (tertiary/aromatic N) is 4. The van der Waals surface area contributed by atoms with E-state index in [-0.39, 0.29) is 23.3 Å². The number of carbonyl (C=O) groups is 2. The van der Waals surface area contributed by atoms with Crippen molar-refractivity contribution in [2.24, 2.45) is 5.41 Å². The van der Waals surface area contributed by atoms with Crippen LogP contribution in [0, 0.1) is 5.41 Å². The third kappa shape index (κ3) is 3.34. The fraction of sp³-hybridized carbons (Fsp3) is 0.647. The Balaban J connectivity index is 1.70. The highest BCUT2D eigenvalue weighted by atomic mass is 16.6. The lowest BCUT2D eigenvalue weighted by Crippen LogP contribution is -2.44. The zero-order chi connectivity index (χ0) is 17.3. The molecule has 2 fully saturated rings. The Hall–Kier alpha value is -2.18. The van der Waals surface area contributed by atoms with Gasteiger partial charge in [-0.05, 0) is 12.8 Å². The van der Waals surface area contributed by atoms with E-state index in [9.17, 15) is 9.59 Å². The lowest BCUT2D eigenvalue weighted by atomic mass is 9.90. The SMILES string of the molecule is CC(C)(C)C(=O)N1CCC[C@@H](c2cnc(N3CCOC3=O)cn2)C1. The van der Waals surface area contributed by atoms with Gasteiger partial charge in [-0.3, -0.25) is 14.7 Å². The van der Waals surface area contributed by atoms with Gasteiger partial charge in [0.2, 0.25) is 5.91 Å². The van der Waals surface area contributed by atoms with Crippen LogP contribution in [0.1, 0.15) is 45.2 Å². The van der Waals surface area contributed by atoms with Crippen molar-refractivity contribution in [1.29, 1.82) is 0 Å². The standard InChI is InChI=1S/C17H24N4O3/c1-17(2,3)15(22)20-6-4-5-12(11-20)13-9-19-14(10-18-13)21-7-8-24-16(21)23/h9-10,12H,4-8,11H2,1-3H3/t12-/m1/s1. The minimum atomic E-state index is -0.378. The second kappa shape index (κ2) is 6.37. The van der Waals surface area contributed by atoms with Gasteiger partial charge in [-0.25, -0.2) is 9.78 Å². The average Bonchev–Trinajstić information content (AvgIpc) is 2.99.